The van der Waals surface area contributed by atoms with E-state index in [0.29, 0.717) is 23.4 Å². The molecule has 164 valence electrons. The summed E-state index contributed by atoms with van der Waals surface area (Å²) in [7, 11) is 0. The largest absolute Gasteiger partial charge is 0.480 e. The summed E-state index contributed by atoms with van der Waals surface area (Å²) < 4.78 is 20.2. The molecule has 6 heteroatoms. The first-order valence-electron chi connectivity index (χ1n) is 10.7. The molecule has 2 amide bonds. The topological polar surface area (TPSA) is 58.6 Å². The average Bonchev–Trinajstić information content (AvgIpc) is 2.92. The van der Waals surface area contributed by atoms with Gasteiger partial charge in [0.25, 0.3) is 5.91 Å². The van der Waals surface area contributed by atoms with Crippen molar-refractivity contribution in [3.8, 4) is 5.75 Å². The SMILES string of the molecule is CCC1Oc2ccc(NC(=O)Cc3ccccc3)cc2CN(Cc2ccccc2F)C1=O. The third-order valence-electron chi connectivity index (χ3n) is 5.46. The molecular weight excluding hydrogens is 407 g/mol. The lowest BCUT2D eigenvalue weighted by atomic mass is 10.1. The number of nitrogens with one attached hydrogen (secondary N) is 1. The minimum Gasteiger partial charge on any atom is -0.480 e. The number of rotatable bonds is 6. The van der Waals surface area contributed by atoms with Crippen LogP contribution in [0.15, 0.2) is 72.8 Å². The molecule has 1 atom stereocenters. The molecule has 0 spiro atoms. The van der Waals surface area contributed by atoms with Gasteiger partial charge in [-0.25, -0.2) is 4.39 Å². The van der Waals surface area contributed by atoms with Crippen molar-refractivity contribution in [3.63, 3.8) is 0 Å². The minimum absolute atomic E-state index is 0.128. The van der Waals surface area contributed by atoms with Gasteiger partial charge in [-0.2, -0.15) is 0 Å². The van der Waals surface area contributed by atoms with Crippen LogP contribution in [0.4, 0.5) is 10.1 Å². The zero-order chi connectivity index (χ0) is 22.5. The number of fused-ring (bicyclic) bond motifs is 1. The molecule has 1 aliphatic rings. The lowest BCUT2D eigenvalue weighted by Crippen LogP contribution is -2.39. The van der Waals surface area contributed by atoms with Gasteiger partial charge in [0.2, 0.25) is 5.91 Å². The molecule has 0 radical (unpaired) electrons. The molecule has 4 rings (SSSR count). The number of anilines is 1. The maximum atomic E-state index is 14.2. The molecule has 5 nitrogen and oxygen atoms in total. The van der Waals surface area contributed by atoms with Crippen molar-refractivity contribution in [1.82, 2.24) is 4.90 Å². The fraction of sp³-hybridized carbons (Fsp3) is 0.231. The first kappa shape index (κ1) is 21.6. The van der Waals surface area contributed by atoms with E-state index in [1.807, 2.05) is 43.3 Å². The zero-order valence-corrected chi connectivity index (χ0v) is 17.9. The Labute approximate surface area is 186 Å². The van der Waals surface area contributed by atoms with Crippen LogP contribution in [0.3, 0.4) is 0 Å². The van der Waals surface area contributed by atoms with Crippen molar-refractivity contribution in [2.75, 3.05) is 5.32 Å². The van der Waals surface area contributed by atoms with Gasteiger partial charge >= 0.3 is 0 Å². The molecule has 0 fully saturated rings. The van der Waals surface area contributed by atoms with Gasteiger partial charge in [-0.1, -0.05) is 55.5 Å². The predicted molar refractivity (Wildman–Crippen MR) is 121 cm³/mol. The predicted octanol–water partition coefficient (Wildman–Crippen LogP) is 4.71. The first-order valence-corrected chi connectivity index (χ1v) is 10.7. The average molecular weight is 432 g/mol. The summed E-state index contributed by atoms with van der Waals surface area (Å²) in [4.78, 5) is 27.1. The number of carbonyl (C=O) groups excluding carboxylic acids is 2. The van der Waals surface area contributed by atoms with Gasteiger partial charge in [0.05, 0.1) is 6.42 Å². The minimum atomic E-state index is -0.637. The summed E-state index contributed by atoms with van der Waals surface area (Å²) in [6.45, 7) is 2.30. The van der Waals surface area contributed by atoms with Crippen molar-refractivity contribution >= 4 is 17.5 Å². The highest BCUT2D eigenvalue weighted by Gasteiger charge is 2.30. The molecule has 1 N–H and O–H groups in total. The Balaban J connectivity index is 1.55. The Morgan fingerprint density at radius 2 is 1.84 bits per heavy atom. The smallest absolute Gasteiger partial charge is 0.264 e. The van der Waals surface area contributed by atoms with Crippen LogP contribution < -0.4 is 10.1 Å². The number of halogens is 1. The van der Waals surface area contributed by atoms with E-state index in [9.17, 15) is 14.0 Å². The Hall–Kier alpha value is -3.67. The highest BCUT2D eigenvalue weighted by molar-refractivity contribution is 5.92. The Bertz CT molecular complexity index is 1120. The van der Waals surface area contributed by atoms with Crippen LogP contribution in [0.25, 0.3) is 0 Å². The summed E-state index contributed by atoms with van der Waals surface area (Å²) in [6, 6.07) is 21.3. The van der Waals surface area contributed by atoms with E-state index < -0.39 is 6.10 Å². The van der Waals surface area contributed by atoms with E-state index in [1.54, 1.807) is 35.2 Å². The third-order valence-corrected chi connectivity index (χ3v) is 5.46. The van der Waals surface area contributed by atoms with Crippen molar-refractivity contribution in [2.24, 2.45) is 0 Å². The van der Waals surface area contributed by atoms with Gasteiger partial charge in [0, 0.05) is 29.9 Å². The Morgan fingerprint density at radius 1 is 1.09 bits per heavy atom. The van der Waals surface area contributed by atoms with Gasteiger partial charge in [-0.05, 0) is 36.2 Å². The Morgan fingerprint density at radius 3 is 2.59 bits per heavy atom. The molecule has 1 aliphatic heterocycles. The molecule has 3 aromatic rings. The summed E-state index contributed by atoms with van der Waals surface area (Å²) >= 11 is 0. The van der Waals surface area contributed by atoms with Crippen LogP contribution in [-0.4, -0.2) is 22.8 Å². The fourth-order valence-corrected chi connectivity index (χ4v) is 3.80. The molecule has 32 heavy (non-hydrogen) atoms. The maximum absolute atomic E-state index is 14.2. The van der Waals surface area contributed by atoms with Crippen molar-refractivity contribution in [2.45, 2.75) is 39.0 Å². The van der Waals surface area contributed by atoms with Crippen molar-refractivity contribution < 1.29 is 18.7 Å². The van der Waals surface area contributed by atoms with Crippen LogP contribution >= 0.6 is 0 Å². The summed E-state index contributed by atoms with van der Waals surface area (Å²) in [6.07, 6.45) is 0.132. The number of ether oxygens (including phenoxy) is 1. The summed E-state index contributed by atoms with van der Waals surface area (Å²) in [5, 5.41) is 2.91. The molecule has 3 aromatic carbocycles. The number of carbonyl (C=O) groups is 2. The highest BCUT2D eigenvalue weighted by Crippen LogP contribution is 2.30. The third kappa shape index (κ3) is 4.97. The van der Waals surface area contributed by atoms with E-state index >= 15 is 0 Å². The summed E-state index contributed by atoms with van der Waals surface area (Å²) in [5.74, 6) is -0.0546. The van der Waals surface area contributed by atoms with E-state index in [4.69, 9.17) is 4.74 Å². The molecule has 0 bridgehead atoms. The quantitative estimate of drug-likeness (QED) is 0.614. The van der Waals surface area contributed by atoms with Gasteiger partial charge < -0.3 is 15.0 Å². The van der Waals surface area contributed by atoms with Crippen molar-refractivity contribution in [1.29, 1.82) is 0 Å². The molecule has 1 heterocycles. The first-order chi connectivity index (χ1) is 15.5. The van der Waals surface area contributed by atoms with Crippen LogP contribution in [0, 0.1) is 5.82 Å². The molecular formula is C26H25FN2O3. The zero-order valence-electron chi connectivity index (χ0n) is 17.9. The normalized spacial score (nSPS) is 15.5. The second-order valence-electron chi connectivity index (χ2n) is 7.83. The van der Waals surface area contributed by atoms with Crippen LogP contribution in [0.5, 0.6) is 5.75 Å². The lowest BCUT2D eigenvalue weighted by molar-refractivity contribution is -0.139. The molecule has 0 aromatic heterocycles. The lowest BCUT2D eigenvalue weighted by Gasteiger charge is -2.23. The van der Waals surface area contributed by atoms with Gasteiger partial charge in [-0.15, -0.1) is 0 Å². The van der Waals surface area contributed by atoms with E-state index in [2.05, 4.69) is 5.32 Å². The standard InChI is InChI=1S/C26H25FN2O3/c1-2-23-26(31)29(16-19-10-6-7-11-22(19)27)17-20-15-21(12-13-24(20)32-23)28-25(30)14-18-8-4-3-5-9-18/h3-13,15,23H,2,14,16-17H2,1H3,(H,28,30). The maximum Gasteiger partial charge on any atom is 0.264 e. The molecule has 0 saturated heterocycles. The fourth-order valence-electron chi connectivity index (χ4n) is 3.80. The van der Waals surface area contributed by atoms with Crippen LogP contribution in [0.1, 0.15) is 30.0 Å². The number of hydrogen-bond acceptors (Lipinski definition) is 3. The van der Waals surface area contributed by atoms with Crippen LogP contribution in [0.2, 0.25) is 0 Å². The number of benzene rings is 3. The molecule has 0 saturated carbocycles. The number of amides is 2. The van der Waals surface area contributed by atoms with Gasteiger partial charge in [0.15, 0.2) is 6.10 Å². The van der Waals surface area contributed by atoms with E-state index in [0.717, 1.165) is 11.1 Å². The second-order valence-corrected chi connectivity index (χ2v) is 7.83. The molecule has 0 aliphatic carbocycles. The van der Waals surface area contributed by atoms with Crippen molar-refractivity contribution in [3.05, 3.63) is 95.3 Å². The Kier molecular flexibility index (Phi) is 6.50. The number of hydrogen-bond donors (Lipinski definition) is 1. The summed E-state index contributed by atoms with van der Waals surface area (Å²) in [5.41, 5.74) is 2.77. The van der Waals surface area contributed by atoms with Gasteiger partial charge in [-0.3, -0.25) is 9.59 Å². The monoisotopic (exact) mass is 432 g/mol. The van der Waals surface area contributed by atoms with Crippen LogP contribution in [-0.2, 0) is 29.1 Å². The van der Waals surface area contributed by atoms with E-state index in [1.165, 1.54) is 6.07 Å². The number of nitrogens with zero attached hydrogens (tertiary/aromatic N) is 1. The van der Waals surface area contributed by atoms with Gasteiger partial charge in [0.1, 0.15) is 11.6 Å². The van der Waals surface area contributed by atoms with E-state index in [-0.39, 0.29) is 37.1 Å². The molecule has 1 unspecified atom stereocenters. The highest BCUT2D eigenvalue weighted by atomic mass is 19.1. The second kappa shape index (κ2) is 9.64.